The molecule has 2 fully saturated rings. The number of carbonyl (C=O) groups excluding carboxylic acids is 2. The highest BCUT2D eigenvalue weighted by atomic mass is 19.4. The number of piperidine rings is 1. The van der Waals surface area contributed by atoms with Gasteiger partial charge in [-0.25, -0.2) is 0 Å². The van der Waals surface area contributed by atoms with Crippen molar-refractivity contribution >= 4 is 11.8 Å². The average Bonchev–Trinajstić information content (AvgIpc) is 3.30. The maximum absolute atomic E-state index is 12.9. The largest absolute Gasteiger partial charge is 0.497 e. The Labute approximate surface area is 212 Å². The van der Waals surface area contributed by atoms with Gasteiger partial charge in [-0.2, -0.15) is 13.2 Å². The number of hydrogen-bond acceptors (Lipinski definition) is 4. The lowest BCUT2D eigenvalue weighted by atomic mass is 10.1. The highest BCUT2D eigenvalue weighted by Crippen LogP contribution is 2.46. The number of alkyl halides is 3. The highest BCUT2D eigenvalue weighted by Gasteiger charge is 2.57. The summed E-state index contributed by atoms with van der Waals surface area (Å²) in [4.78, 5) is 27.2. The Balaban J connectivity index is 1.10. The lowest BCUT2D eigenvalue weighted by Gasteiger charge is -2.20. The molecule has 0 spiro atoms. The van der Waals surface area contributed by atoms with Gasteiger partial charge in [-0.3, -0.25) is 9.59 Å². The number of hydrogen-bond donors (Lipinski definition) is 1. The Morgan fingerprint density at radius 1 is 0.919 bits per heavy atom. The van der Waals surface area contributed by atoms with Crippen LogP contribution in [0.4, 0.5) is 13.2 Å². The fourth-order valence-electron chi connectivity index (χ4n) is 4.81. The number of nitrogens with zero attached hydrogens (tertiary/aromatic N) is 1. The van der Waals surface area contributed by atoms with E-state index in [9.17, 15) is 22.8 Å². The normalized spacial score (nSPS) is 20.2. The summed E-state index contributed by atoms with van der Waals surface area (Å²) < 4.78 is 48.9. The van der Waals surface area contributed by atoms with Gasteiger partial charge >= 0.3 is 6.18 Å². The van der Waals surface area contributed by atoms with Gasteiger partial charge in [0.1, 0.15) is 17.2 Å². The first-order valence-electron chi connectivity index (χ1n) is 11.9. The molecular weight excluding hydrogens is 485 g/mol. The number of rotatable bonds is 7. The van der Waals surface area contributed by atoms with E-state index in [0.717, 1.165) is 17.7 Å². The second kappa shape index (κ2) is 9.80. The lowest BCUT2D eigenvalue weighted by molar-refractivity contribution is -0.137. The van der Waals surface area contributed by atoms with Crippen molar-refractivity contribution in [3.63, 3.8) is 0 Å². The summed E-state index contributed by atoms with van der Waals surface area (Å²) in [6.07, 6.45) is -4.13. The van der Waals surface area contributed by atoms with Crippen LogP contribution in [0.1, 0.15) is 21.5 Å². The molecule has 3 aromatic rings. The van der Waals surface area contributed by atoms with Crippen LogP contribution in [0, 0.1) is 11.8 Å². The molecule has 1 saturated carbocycles. The molecule has 0 aromatic heterocycles. The van der Waals surface area contributed by atoms with Crippen LogP contribution in [0.2, 0.25) is 0 Å². The molecule has 1 heterocycles. The number of amides is 2. The number of benzene rings is 3. The molecule has 0 radical (unpaired) electrons. The standard InChI is InChI=1S/C28H25F3N2O4/c1-36-22-4-2-3-17(13-22)14-25(34)32-26-23-15-33(16-24(23)26)27(35)18-5-9-20(10-6-18)37-21-11-7-19(8-12-21)28(29,30)31/h2-13,23-24,26H,14-16H2,1H3,(H,32,34)/t23-,24+,26?. The zero-order valence-electron chi connectivity index (χ0n) is 20.0. The molecule has 1 saturated heterocycles. The van der Waals surface area contributed by atoms with Gasteiger partial charge in [0.2, 0.25) is 5.91 Å². The fourth-order valence-corrected chi connectivity index (χ4v) is 4.81. The number of methoxy groups -OCH3 is 1. The number of ether oxygens (including phenoxy) is 2. The Morgan fingerprint density at radius 3 is 2.14 bits per heavy atom. The summed E-state index contributed by atoms with van der Waals surface area (Å²) in [7, 11) is 1.59. The van der Waals surface area contributed by atoms with E-state index < -0.39 is 11.7 Å². The van der Waals surface area contributed by atoms with E-state index in [2.05, 4.69) is 5.32 Å². The average molecular weight is 511 g/mol. The minimum atomic E-state index is -4.40. The fraction of sp³-hybridized carbons (Fsp3) is 0.286. The van der Waals surface area contributed by atoms with E-state index in [4.69, 9.17) is 9.47 Å². The van der Waals surface area contributed by atoms with E-state index in [1.807, 2.05) is 24.3 Å². The first-order valence-corrected chi connectivity index (χ1v) is 11.9. The maximum Gasteiger partial charge on any atom is 0.416 e. The predicted octanol–water partition coefficient (Wildman–Crippen LogP) is 4.94. The van der Waals surface area contributed by atoms with Crippen molar-refractivity contribution in [3.8, 4) is 17.2 Å². The van der Waals surface area contributed by atoms with Crippen molar-refractivity contribution in [2.24, 2.45) is 11.8 Å². The summed E-state index contributed by atoms with van der Waals surface area (Å²) in [6.45, 7) is 1.16. The number of halogens is 3. The number of fused-ring (bicyclic) bond motifs is 1. The van der Waals surface area contributed by atoms with Crippen LogP contribution in [0.5, 0.6) is 17.2 Å². The van der Waals surface area contributed by atoms with Gasteiger partial charge in [0.15, 0.2) is 0 Å². The quantitative estimate of drug-likeness (QED) is 0.489. The van der Waals surface area contributed by atoms with Gasteiger partial charge in [-0.1, -0.05) is 12.1 Å². The molecule has 1 unspecified atom stereocenters. The van der Waals surface area contributed by atoms with Crippen molar-refractivity contribution in [3.05, 3.63) is 89.5 Å². The van der Waals surface area contributed by atoms with Gasteiger partial charge < -0.3 is 19.7 Å². The number of nitrogens with one attached hydrogen (secondary N) is 1. The van der Waals surface area contributed by atoms with Gasteiger partial charge in [0.05, 0.1) is 19.1 Å². The summed E-state index contributed by atoms with van der Waals surface area (Å²) in [5.74, 6) is 1.75. The molecule has 3 atom stereocenters. The summed E-state index contributed by atoms with van der Waals surface area (Å²) >= 11 is 0. The van der Waals surface area contributed by atoms with Crippen molar-refractivity contribution in [1.82, 2.24) is 10.2 Å². The molecule has 9 heteroatoms. The van der Waals surface area contributed by atoms with Gasteiger partial charge in [0, 0.05) is 36.5 Å². The molecule has 1 N–H and O–H groups in total. The van der Waals surface area contributed by atoms with Crippen molar-refractivity contribution in [1.29, 1.82) is 0 Å². The molecule has 6 nitrogen and oxygen atoms in total. The first kappa shape index (κ1) is 24.7. The zero-order chi connectivity index (χ0) is 26.2. The Kier molecular flexibility index (Phi) is 6.54. The van der Waals surface area contributed by atoms with E-state index >= 15 is 0 Å². The Morgan fingerprint density at radius 2 is 1.54 bits per heavy atom. The number of carbonyl (C=O) groups is 2. The van der Waals surface area contributed by atoms with Crippen molar-refractivity contribution in [2.45, 2.75) is 18.6 Å². The predicted molar refractivity (Wildman–Crippen MR) is 129 cm³/mol. The SMILES string of the molecule is COc1cccc(CC(=O)NC2[C@H]3CN(C(=O)c4ccc(Oc5ccc(C(F)(F)F)cc5)cc4)C[C@@H]23)c1. The molecule has 5 rings (SSSR count). The molecule has 2 aliphatic rings. The summed E-state index contributed by atoms with van der Waals surface area (Å²) in [6, 6.07) is 18.4. The monoisotopic (exact) mass is 510 g/mol. The topological polar surface area (TPSA) is 67.9 Å². The van der Waals surface area contributed by atoms with E-state index in [1.165, 1.54) is 12.1 Å². The molecule has 1 aliphatic heterocycles. The van der Waals surface area contributed by atoms with Crippen LogP contribution in [0.3, 0.4) is 0 Å². The highest BCUT2D eigenvalue weighted by molar-refractivity contribution is 5.94. The van der Waals surface area contributed by atoms with Crippen LogP contribution < -0.4 is 14.8 Å². The molecule has 1 aliphatic carbocycles. The van der Waals surface area contributed by atoms with Crippen LogP contribution in [-0.2, 0) is 17.4 Å². The van der Waals surface area contributed by atoms with E-state index in [0.29, 0.717) is 30.2 Å². The molecular formula is C28H25F3N2O4. The van der Waals surface area contributed by atoms with Crippen LogP contribution >= 0.6 is 0 Å². The van der Waals surface area contributed by atoms with Crippen molar-refractivity contribution in [2.75, 3.05) is 20.2 Å². The van der Waals surface area contributed by atoms with Crippen LogP contribution in [0.25, 0.3) is 0 Å². The summed E-state index contributed by atoms with van der Waals surface area (Å²) in [5, 5.41) is 3.09. The third-order valence-corrected chi connectivity index (χ3v) is 6.83. The maximum atomic E-state index is 12.9. The van der Waals surface area contributed by atoms with Gasteiger partial charge in [-0.05, 0) is 66.2 Å². The molecule has 37 heavy (non-hydrogen) atoms. The van der Waals surface area contributed by atoms with Gasteiger partial charge in [0.25, 0.3) is 5.91 Å². The first-order chi connectivity index (χ1) is 17.7. The molecule has 3 aromatic carbocycles. The Hall–Kier alpha value is -4.01. The van der Waals surface area contributed by atoms with Crippen molar-refractivity contribution < 1.29 is 32.2 Å². The lowest BCUT2D eigenvalue weighted by Crippen LogP contribution is -2.37. The van der Waals surface area contributed by atoms with E-state index in [-0.39, 0.29) is 41.9 Å². The van der Waals surface area contributed by atoms with Gasteiger partial charge in [-0.15, -0.1) is 0 Å². The van der Waals surface area contributed by atoms with Crippen LogP contribution in [0.15, 0.2) is 72.8 Å². The zero-order valence-corrected chi connectivity index (χ0v) is 20.0. The third-order valence-electron chi connectivity index (χ3n) is 6.83. The van der Waals surface area contributed by atoms with Crippen LogP contribution in [-0.4, -0.2) is 43.0 Å². The molecule has 0 bridgehead atoms. The minimum absolute atomic E-state index is 0.0471. The third kappa shape index (κ3) is 5.55. The Bertz CT molecular complexity index is 1280. The smallest absolute Gasteiger partial charge is 0.416 e. The minimum Gasteiger partial charge on any atom is -0.497 e. The summed E-state index contributed by atoms with van der Waals surface area (Å²) in [5.41, 5.74) is 0.632. The molecule has 192 valence electrons. The second-order valence-electron chi connectivity index (χ2n) is 9.31. The molecule has 2 amide bonds. The number of likely N-dealkylation sites (tertiary alicyclic amines) is 1. The second-order valence-corrected chi connectivity index (χ2v) is 9.31. The van der Waals surface area contributed by atoms with E-state index in [1.54, 1.807) is 36.3 Å².